The Labute approximate surface area is 179 Å². The fraction of sp³-hybridized carbons (Fsp3) is 0.542. The van der Waals surface area contributed by atoms with Crippen molar-refractivity contribution in [2.24, 2.45) is 16.3 Å². The van der Waals surface area contributed by atoms with Gasteiger partial charge in [-0.2, -0.15) is 0 Å². The van der Waals surface area contributed by atoms with Crippen LogP contribution in [0.15, 0.2) is 35.5 Å². The number of rotatable bonds is 5. The smallest absolute Gasteiger partial charge is 0.407 e. The number of benzene rings is 1. The summed E-state index contributed by atoms with van der Waals surface area (Å²) in [5.74, 6) is -0.120. The number of aliphatic imine (C=N–C) groups is 1. The van der Waals surface area contributed by atoms with E-state index < -0.39 is 12.1 Å². The summed E-state index contributed by atoms with van der Waals surface area (Å²) in [7, 11) is 1.31. The van der Waals surface area contributed by atoms with Crippen LogP contribution in [0.25, 0.3) is 5.57 Å². The largest absolute Gasteiger partial charge is 0.453 e. The Morgan fingerprint density at radius 3 is 2.50 bits per heavy atom. The van der Waals surface area contributed by atoms with E-state index in [9.17, 15) is 9.59 Å². The lowest BCUT2D eigenvalue weighted by Crippen LogP contribution is -2.53. The average molecular weight is 412 g/mol. The SMILES string of the molecule is COC(=O)N[C@H](C(=O)N1CC(C)(C)C[C@H]1C1=NC=C(c2ccc(C)cc2)C1)C(C)C. The van der Waals surface area contributed by atoms with Gasteiger partial charge in [-0.1, -0.05) is 57.5 Å². The predicted octanol–water partition coefficient (Wildman–Crippen LogP) is 4.19. The molecule has 2 aliphatic heterocycles. The van der Waals surface area contributed by atoms with Crippen LogP contribution in [0.2, 0.25) is 0 Å². The van der Waals surface area contributed by atoms with Gasteiger partial charge in [0.25, 0.3) is 0 Å². The average Bonchev–Trinajstić information content (AvgIpc) is 3.30. The van der Waals surface area contributed by atoms with Gasteiger partial charge in [0.2, 0.25) is 5.91 Å². The number of allylic oxidation sites excluding steroid dienone is 1. The number of ether oxygens (including phenoxy) is 1. The normalized spacial score (nSPS) is 21.3. The van der Waals surface area contributed by atoms with Crippen LogP contribution < -0.4 is 5.32 Å². The summed E-state index contributed by atoms with van der Waals surface area (Å²) in [6.07, 6.45) is 2.94. The van der Waals surface area contributed by atoms with E-state index >= 15 is 0 Å². The van der Waals surface area contributed by atoms with Gasteiger partial charge >= 0.3 is 6.09 Å². The van der Waals surface area contributed by atoms with E-state index in [1.807, 2.05) is 24.9 Å². The highest BCUT2D eigenvalue weighted by molar-refractivity contribution is 6.03. The third-order valence-electron chi connectivity index (χ3n) is 5.96. The molecule has 0 saturated carbocycles. The van der Waals surface area contributed by atoms with E-state index in [-0.39, 0.29) is 23.3 Å². The van der Waals surface area contributed by atoms with E-state index in [4.69, 9.17) is 9.73 Å². The lowest BCUT2D eigenvalue weighted by molar-refractivity contribution is -0.134. The van der Waals surface area contributed by atoms with Crippen molar-refractivity contribution in [3.05, 3.63) is 41.6 Å². The summed E-state index contributed by atoms with van der Waals surface area (Å²) in [5.41, 5.74) is 4.58. The van der Waals surface area contributed by atoms with Crippen LogP contribution in [0, 0.1) is 18.3 Å². The second kappa shape index (κ2) is 8.62. The third-order valence-corrected chi connectivity index (χ3v) is 5.96. The molecular weight excluding hydrogens is 378 g/mol. The van der Waals surface area contributed by atoms with Crippen LogP contribution in [-0.4, -0.2) is 48.4 Å². The van der Waals surface area contributed by atoms with E-state index in [1.54, 1.807) is 0 Å². The molecule has 1 N–H and O–H groups in total. The van der Waals surface area contributed by atoms with Gasteiger partial charge in [0.1, 0.15) is 6.04 Å². The number of carbonyl (C=O) groups excluding carboxylic acids is 2. The van der Waals surface area contributed by atoms with Crippen molar-refractivity contribution in [2.75, 3.05) is 13.7 Å². The molecule has 0 spiro atoms. The standard InChI is InChI=1S/C24H33N3O3/c1-15(2)21(26-23(29)30-6)22(28)27-14-24(4,5)12-20(27)19-11-18(13-25-19)17-9-7-16(3)8-10-17/h7-10,13,15,20-21H,11-12,14H2,1-6H3,(H,26,29)/t20-,21-/m0/s1. The Bertz CT molecular complexity index is 868. The molecule has 6 heteroatoms. The quantitative estimate of drug-likeness (QED) is 0.790. The summed E-state index contributed by atoms with van der Waals surface area (Å²) in [6.45, 7) is 10.9. The van der Waals surface area contributed by atoms with Crippen molar-refractivity contribution < 1.29 is 14.3 Å². The molecule has 30 heavy (non-hydrogen) atoms. The van der Waals surface area contributed by atoms with Gasteiger partial charge in [-0.15, -0.1) is 0 Å². The number of carbonyl (C=O) groups is 2. The summed E-state index contributed by atoms with van der Waals surface area (Å²) in [5, 5.41) is 2.72. The zero-order valence-corrected chi connectivity index (χ0v) is 18.9. The van der Waals surface area contributed by atoms with Gasteiger partial charge in [-0.05, 0) is 35.8 Å². The van der Waals surface area contributed by atoms with Crippen molar-refractivity contribution in [1.82, 2.24) is 10.2 Å². The molecule has 0 unspecified atom stereocenters. The second-order valence-corrected chi connectivity index (χ2v) is 9.53. The first-order valence-corrected chi connectivity index (χ1v) is 10.6. The zero-order chi connectivity index (χ0) is 22.1. The van der Waals surface area contributed by atoms with Crippen LogP contribution in [0.4, 0.5) is 4.79 Å². The van der Waals surface area contributed by atoms with Crippen molar-refractivity contribution in [3.8, 4) is 0 Å². The van der Waals surface area contributed by atoms with E-state index in [2.05, 4.69) is 50.4 Å². The number of hydrogen-bond acceptors (Lipinski definition) is 4. The molecular formula is C24H33N3O3. The van der Waals surface area contributed by atoms with E-state index in [1.165, 1.54) is 23.8 Å². The molecule has 0 aromatic heterocycles. The first-order valence-electron chi connectivity index (χ1n) is 10.6. The predicted molar refractivity (Wildman–Crippen MR) is 119 cm³/mol. The minimum absolute atomic E-state index is 0.0117. The van der Waals surface area contributed by atoms with Crippen molar-refractivity contribution in [3.63, 3.8) is 0 Å². The molecule has 1 aromatic carbocycles. The number of methoxy groups -OCH3 is 1. The van der Waals surface area contributed by atoms with Crippen molar-refractivity contribution >= 4 is 23.3 Å². The number of amides is 2. The highest BCUT2D eigenvalue weighted by Crippen LogP contribution is 2.38. The lowest BCUT2D eigenvalue weighted by Gasteiger charge is -2.31. The molecule has 1 saturated heterocycles. The van der Waals surface area contributed by atoms with Crippen LogP contribution >= 0.6 is 0 Å². The molecule has 162 valence electrons. The van der Waals surface area contributed by atoms with Crippen LogP contribution in [0.5, 0.6) is 0 Å². The lowest BCUT2D eigenvalue weighted by atomic mass is 9.88. The highest BCUT2D eigenvalue weighted by atomic mass is 16.5. The van der Waals surface area contributed by atoms with Gasteiger partial charge in [0.15, 0.2) is 0 Å². The summed E-state index contributed by atoms with van der Waals surface area (Å²) in [6, 6.07) is 7.77. The molecule has 2 heterocycles. The maximum Gasteiger partial charge on any atom is 0.407 e. The van der Waals surface area contributed by atoms with E-state index in [0.29, 0.717) is 6.54 Å². The fourth-order valence-electron chi connectivity index (χ4n) is 4.27. The summed E-state index contributed by atoms with van der Waals surface area (Å²) in [4.78, 5) is 31.9. The maximum atomic E-state index is 13.5. The first-order chi connectivity index (χ1) is 14.1. The van der Waals surface area contributed by atoms with Crippen LogP contribution in [0.3, 0.4) is 0 Å². The number of aryl methyl sites for hydroxylation is 1. The van der Waals surface area contributed by atoms with E-state index in [0.717, 1.165) is 18.6 Å². The molecule has 3 rings (SSSR count). The van der Waals surface area contributed by atoms with Gasteiger partial charge in [-0.3, -0.25) is 9.79 Å². The molecule has 1 aromatic rings. The minimum atomic E-state index is -0.625. The van der Waals surface area contributed by atoms with Gasteiger partial charge in [0, 0.05) is 24.9 Å². The molecule has 2 aliphatic rings. The molecule has 2 amide bonds. The van der Waals surface area contributed by atoms with Crippen molar-refractivity contribution in [1.29, 1.82) is 0 Å². The molecule has 2 atom stereocenters. The molecule has 0 bridgehead atoms. The number of alkyl carbamates (subject to hydrolysis) is 1. The zero-order valence-electron chi connectivity index (χ0n) is 18.9. The summed E-state index contributed by atoms with van der Waals surface area (Å²) >= 11 is 0. The van der Waals surface area contributed by atoms with Crippen molar-refractivity contribution in [2.45, 2.75) is 59.5 Å². The first kappa shape index (κ1) is 22.1. The monoisotopic (exact) mass is 411 g/mol. The van der Waals surface area contributed by atoms with Crippen LogP contribution in [0.1, 0.15) is 51.7 Å². The Kier molecular flexibility index (Phi) is 6.34. The molecule has 0 aliphatic carbocycles. The molecule has 0 radical (unpaired) electrons. The molecule has 1 fully saturated rings. The Balaban J connectivity index is 1.79. The van der Waals surface area contributed by atoms with Gasteiger partial charge < -0.3 is 15.0 Å². The van der Waals surface area contributed by atoms with Crippen LogP contribution in [-0.2, 0) is 9.53 Å². The Morgan fingerprint density at radius 1 is 1.23 bits per heavy atom. The fourth-order valence-corrected chi connectivity index (χ4v) is 4.27. The minimum Gasteiger partial charge on any atom is -0.453 e. The number of hydrogen-bond donors (Lipinski definition) is 1. The highest BCUT2D eigenvalue weighted by Gasteiger charge is 2.45. The topological polar surface area (TPSA) is 71.0 Å². The summed E-state index contributed by atoms with van der Waals surface area (Å²) < 4.78 is 4.73. The van der Waals surface area contributed by atoms with Gasteiger partial charge in [0.05, 0.1) is 13.2 Å². The Hall–Kier alpha value is -2.63. The maximum absolute atomic E-state index is 13.5. The molecule has 6 nitrogen and oxygen atoms in total. The number of likely N-dealkylation sites (tertiary alicyclic amines) is 1. The second-order valence-electron chi connectivity index (χ2n) is 9.53. The van der Waals surface area contributed by atoms with Gasteiger partial charge in [-0.25, -0.2) is 4.79 Å². The Morgan fingerprint density at radius 2 is 1.90 bits per heavy atom. The number of nitrogens with one attached hydrogen (secondary N) is 1. The number of nitrogens with zero attached hydrogens (tertiary/aromatic N) is 2. The third kappa shape index (κ3) is 4.74.